The van der Waals surface area contributed by atoms with Gasteiger partial charge in [0.15, 0.2) is 0 Å². The van der Waals surface area contributed by atoms with E-state index in [2.05, 4.69) is 68.0 Å². The molecule has 0 aromatic rings. The van der Waals surface area contributed by atoms with Gasteiger partial charge in [-0.2, -0.15) is 0 Å². The van der Waals surface area contributed by atoms with Crippen molar-refractivity contribution in [2.45, 2.75) is 60.3 Å². The van der Waals surface area contributed by atoms with Crippen LogP contribution in [0.3, 0.4) is 0 Å². The Morgan fingerprint density at radius 2 is 1.00 bits per heavy atom. The van der Waals surface area contributed by atoms with Gasteiger partial charge in [0.05, 0.1) is 172 Å². The maximum absolute atomic E-state index is 12.2. The van der Waals surface area contributed by atoms with Gasteiger partial charge in [-0.1, -0.05) is 55.4 Å². The summed E-state index contributed by atoms with van der Waals surface area (Å²) in [5, 5.41) is 5.40. The molecule has 0 aromatic heterocycles. The standard InChI is InChI=1S/C52H91N2O18P/c1-7-19-71-73(57,58)72-22-18-53-50(55)15-20-59-23-25-61-27-29-63-31-33-65-35-37-67-39-41-69-43-44-70-42-40-68-38-36-66-34-32-64-30-28-62-26-24-60-21-17-54-51(56)45-47(3)11-8-10-46(2)13-14-49-48(4)12-9-16-52(49,5)6/h7-8,10-11,13-14,45H,1,9,12,15-44H2,2-6H3,(H,53,55)(H,54,56)(H,57,58)/b11-8+,14-13+,46-10+,47-45+. The Morgan fingerprint density at radius 3 is 1.42 bits per heavy atom. The monoisotopic (exact) mass is 1060 g/mol. The lowest BCUT2D eigenvalue weighted by molar-refractivity contribution is -0.122. The quantitative estimate of drug-likeness (QED) is 0.0296. The molecule has 0 bridgehead atoms. The molecule has 2 radical (unpaired) electrons. The van der Waals surface area contributed by atoms with Crippen molar-refractivity contribution in [1.82, 2.24) is 10.6 Å². The molecule has 0 fully saturated rings. The summed E-state index contributed by atoms with van der Waals surface area (Å²) >= 11 is 0. The third kappa shape index (κ3) is 44.1. The van der Waals surface area contributed by atoms with Gasteiger partial charge in [0.1, 0.15) is 0 Å². The molecule has 20 nitrogen and oxygen atoms in total. The molecular formula is C52H91N2O18P. The smallest absolute Gasteiger partial charge is 0.379 e. The Balaban J connectivity index is 1.75. The van der Waals surface area contributed by atoms with E-state index < -0.39 is 7.82 Å². The predicted molar refractivity (Wildman–Crippen MR) is 278 cm³/mol. The molecule has 0 aromatic carbocycles. The van der Waals surface area contributed by atoms with E-state index in [4.69, 9.17) is 61.4 Å². The Bertz CT molecular complexity index is 1590. The zero-order valence-corrected chi connectivity index (χ0v) is 45.6. The van der Waals surface area contributed by atoms with Crippen molar-refractivity contribution < 1.29 is 84.9 Å². The third-order valence-electron chi connectivity index (χ3n) is 10.3. The molecule has 0 spiro atoms. The number of amides is 2. The van der Waals surface area contributed by atoms with Gasteiger partial charge in [-0.25, -0.2) is 4.57 Å². The highest BCUT2D eigenvalue weighted by molar-refractivity contribution is 7.47. The first kappa shape index (κ1) is 68.3. The van der Waals surface area contributed by atoms with Crippen LogP contribution in [0.15, 0.2) is 58.7 Å². The van der Waals surface area contributed by atoms with Crippen molar-refractivity contribution in [3.8, 4) is 0 Å². The summed E-state index contributed by atoms with van der Waals surface area (Å²) < 4.78 is 86.7. The number of nitrogens with one attached hydrogen (secondary N) is 2. The molecule has 73 heavy (non-hydrogen) atoms. The second-order valence-corrected chi connectivity index (χ2v) is 18.5. The van der Waals surface area contributed by atoms with Crippen molar-refractivity contribution >= 4 is 19.6 Å². The molecule has 0 saturated carbocycles. The summed E-state index contributed by atoms with van der Waals surface area (Å²) in [5.74, 6) is -0.422. The molecule has 1 aliphatic carbocycles. The molecule has 422 valence electrons. The van der Waals surface area contributed by atoms with Gasteiger partial charge in [0.25, 0.3) is 0 Å². The topological polar surface area (TPSA) is 225 Å². The molecule has 1 aliphatic rings. The average molecular weight is 1060 g/mol. The second kappa shape index (κ2) is 47.7. The predicted octanol–water partition coefficient (Wildman–Crippen LogP) is 5.51. The van der Waals surface area contributed by atoms with Crippen molar-refractivity contribution in [3.05, 3.63) is 72.1 Å². The summed E-state index contributed by atoms with van der Waals surface area (Å²) in [4.78, 5) is 33.4. The van der Waals surface area contributed by atoms with E-state index in [1.54, 1.807) is 6.08 Å². The van der Waals surface area contributed by atoms with Gasteiger partial charge < -0.3 is 72.4 Å². The normalized spacial score (nSPS) is 15.2. The number of carbonyl (C=O) groups is 2. The Hall–Kier alpha value is -2.73. The van der Waals surface area contributed by atoms with E-state index >= 15 is 0 Å². The number of allylic oxidation sites excluding steroid dienone is 9. The average Bonchev–Trinajstić information content (AvgIpc) is 3.35. The minimum atomic E-state index is -4.14. The highest BCUT2D eigenvalue weighted by atomic mass is 31.2. The summed E-state index contributed by atoms with van der Waals surface area (Å²) in [6.45, 7) is 24.9. The van der Waals surface area contributed by atoms with Gasteiger partial charge in [0.2, 0.25) is 11.8 Å². The highest BCUT2D eigenvalue weighted by Gasteiger charge is 2.26. The second-order valence-electron chi connectivity index (χ2n) is 17.0. The fourth-order valence-electron chi connectivity index (χ4n) is 6.49. The lowest BCUT2D eigenvalue weighted by Gasteiger charge is -2.32. The first-order valence-electron chi connectivity index (χ1n) is 25.5. The van der Waals surface area contributed by atoms with Gasteiger partial charge in [0, 0.05) is 25.6 Å². The van der Waals surface area contributed by atoms with Crippen molar-refractivity contribution in [1.29, 1.82) is 0 Å². The Morgan fingerprint density at radius 1 is 0.589 bits per heavy atom. The van der Waals surface area contributed by atoms with Crippen LogP contribution in [0, 0.1) is 18.8 Å². The fraction of sp³-hybridized carbons (Fsp3) is 0.731. The van der Waals surface area contributed by atoms with E-state index in [9.17, 15) is 19.0 Å². The minimum absolute atomic E-state index is 0.0624. The molecular weight excluding hydrogens is 972 g/mol. The van der Waals surface area contributed by atoms with Crippen LogP contribution in [0.25, 0.3) is 0 Å². The van der Waals surface area contributed by atoms with E-state index in [1.807, 2.05) is 19.1 Å². The van der Waals surface area contributed by atoms with Crippen molar-refractivity contribution in [3.63, 3.8) is 0 Å². The number of hydrogen-bond donors (Lipinski definition) is 3. The first-order valence-corrected chi connectivity index (χ1v) is 27.0. The zero-order chi connectivity index (χ0) is 53.4. The van der Waals surface area contributed by atoms with Crippen LogP contribution in [0.1, 0.15) is 60.3 Å². The zero-order valence-electron chi connectivity index (χ0n) is 44.7. The molecule has 1 rings (SSSR count). The van der Waals surface area contributed by atoms with E-state index in [1.165, 1.54) is 36.8 Å². The minimum Gasteiger partial charge on any atom is -0.379 e. The van der Waals surface area contributed by atoms with E-state index in [0.29, 0.717) is 159 Å². The number of phosphoric acid groups is 1. The number of phosphoric ester groups is 1. The van der Waals surface area contributed by atoms with Gasteiger partial charge >= 0.3 is 7.82 Å². The maximum atomic E-state index is 12.2. The summed E-state index contributed by atoms with van der Waals surface area (Å²) in [6, 6.07) is 0. The molecule has 0 saturated heterocycles. The first-order chi connectivity index (χ1) is 35.4. The number of hydrogen-bond acceptors (Lipinski definition) is 17. The van der Waals surface area contributed by atoms with Crippen LogP contribution >= 0.6 is 7.82 Å². The van der Waals surface area contributed by atoms with Gasteiger partial charge in [-0.05, 0) is 69.9 Å². The number of ether oxygens (including phenoxy) is 12. The van der Waals surface area contributed by atoms with Crippen LogP contribution in [0.2, 0.25) is 0 Å². The molecule has 0 aliphatic heterocycles. The van der Waals surface area contributed by atoms with Crippen molar-refractivity contribution in [2.24, 2.45) is 5.41 Å². The van der Waals surface area contributed by atoms with Gasteiger partial charge in [-0.3, -0.25) is 18.6 Å². The molecule has 0 heterocycles. The maximum Gasteiger partial charge on any atom is 0.472 e. The fourth-order valence-corrected chi connectivity index (χ4v) is 7.18. The lowest BCUT2D eigenvalue weighted by Crippen LogP contribution is -2.28. The van der Waals surface area contributed by atoms with Crippen LogP contribution in [-0.2, 0) is 80.0 Å². The SMILES string of the molecule is [CH2][CH]COP(=O)(O)OCCNC(=O)CCOCCOCCOCCOCCOCCOCCOCCOCCOCCOCCOCCOCCNC(=O)/C=C(C)/C=C/C=C(C)/C=C/C1=C(C)CCCC1(C)C. The van der Waals surface area contributed by atoms with Crippen molar-refractivity contribution in [2.75, 3.05) is 185 Å². The molecule has 21 heteroatoms. The van der Waals surface area contributed by atoms with Gasteiger partial charge in [-0.15, -0.1) is 0 Å². The van der Waals surface area contributed by atoms with Crippen LogP contribution < -0.4 is 10.6 Å². The van der Waals surface area contributed by atoms with E-state index in [-0.39, 0.29) is 50.0 Å². The third-order valence-corrected chi connectivity index (χ3v) is 11.3. The molecule has 3 N–H and O–H groups in total. The summed E-state index contributed by atoms with van der Waals surface area (Å²) in [7, 11) is -4.14. The van der Waals surface area contributed by atoms with Crippen LogP contribution in [-0.4, -0.2) is 202 Å². The number of rotatable bonds is 51. The Kier molecular flexibility index (Phi) is 44.6. The largest absolute Gasteiger partial charge is 0.472 e. The van der Waals surface area contributed by atoms with Crippen LogP contribution in [0.5, 0.6) is 0 Å². The van der Waals surface area contributed by atoms with Crippen LogP contribution in [0.4, 0.5) is 0 Å². The molecule has 1 unspecified atom stereocenters. The Labute approximate surface area is 436 Å². The molecule has 1 atom stereocenters. The highest BCUT2D eigenvalue weighted by Crippen LogP contribution is 2.43. The lowest BCUT2D eigenvalue weighted by atomic mass is 9.72. The summed E-state index contributed by atoms with van der Waals surface area (Å²) in [5.41, 5.74) is 5.20. The van der Waals surface area contributed by atoms with E-state index in [0.717, 1.165) is 11.1 Å². The number of carbonyl (C=O) groups excluding carboxylic acids is 2. The summed E-state index contributed by atoms with van der Waals surface area (Å²) in [6.07, 6.45) is 17.1. The molecule has 2 amide bonds.